The monoisotopic (exact) mass is 491 g/mol. The Morgan fingerprint density at radius 2 is 1.46 bits per heavy atom. The van der Waals surface area contributed by atoms with Gasteiger partial charge in [0.25, 0.3) is 11.3 Å². The number of fused-ring (bicyclic) bond motifs is 1. The number of benzene rings is 4. The van der Waals surface area contributed by atoms with E-state index in [9.17, 15) is 13.6 Å². The van der Waals surface area contributed by atoms with Crippen LogP contribution in [0.25, 0.3) is 10.8 Å². The van der Waals surface area contributed by atoms with Crippen LogP contribution in [0.1, 0.15) is 12.0 Å². The minimum absolute atomic E-state index is 0.0398. The molecule has 0 fully saturated rings. The average molecular weight is 492 g/mol. The SMILES string of the molecule is O=C(O)CCc1ccccc1OCCOc1ccc(N(c2ccc3ccccc3c2)S(=O)O)cc1. The second kappa shape index (κ2) is 11.5. The van der Waals surface area contributed by atoms with E-state index in [1.807, 2.05) is 66.7 Å². The van der Waals surface area contributed by atoms with Crippen molar-refractivity contribution in [3.05, 3.63) is 96.6 Å². The van der Waals surface area contributed by atoms with E-state index in [-0.39, 0.29) is 19.6 Å². The summed E-state index contributed by atoms with van der Waals surface area (Å²) in [6.45, 7) is 0.572. The zero-order valence-corrected chi connectivity index (χ0v) is 19.7. The van der Waals surface area contributed by atoms with Crippen LogP contribution >= 0.6 is 0 Å². The highest BCUT2D eigenvalue weighted by atomic mass is 32.2. The number of carboxylic acid groups (broad SMARTS) is 1. The summed E-state index contributed by atoms with van der Waals surface area (Å²) in [5.74, 6) is 0.388. The first-order chi connectivity index (χ1) is 17.0. The topological polar surface area (TPSA) is 96.3 Å². The number of hydrogen-bond acceptors (Lipinski definition) is 4. The molecule has 0 heterocycles. The maximum Gasteiger partial charge on any atom is 0.303 e. The molecule has 0 amide bonds. The van der Waals surface area contributed by atoms with E-state index in [0.717, 1.165) is 16.3 Å². The molecule has 0 aliphatic carbocycles. The molecule has 180 valence electrons. The van der Waals surface area contributed by atoms with Gasteiger partial charge >= 0.3 is 5.97 Å². The Balaban J connectivity index is 1.37. The highest BCUT2D eigenvalue weighted by Gasteiger charge is 2.16. The van der Waals surface area contributed by atoms with Crippen LogP contribution in [0.2, 0.25) is 0 Å². The molecule has 4 aromatic carbocycles. The zero-order valence-electron chi connectivity index (χ0n) is 18.9. The molecule has 0 radical (unpaired) electrons. The van der Waals surface area contributed by atoms with Gasteiger partial charge in [0.2, 0.25) is 0 Å². The molecule has 1 unspecified atom stereocenters. The minimum atomic E-state index is -2.25. The first kappa shape index (κ1) is 24.3. The van der Waals surface area contributed by atoms with E-state index in [2.05, 4.69) is 0 Å². The van der Waals surface area contributed by atoms with Crippen molar-refractivity contribution in [2.45, 2.75) is 12.8 Å². The maximum absolute atomic E-state index is 12.1. The number of ether oxygens (including phenoxy) is 2. The van der Waals surface area contributed by atoms with Gasteiger partial charge in [-0.3, -0.25) is 9.35 Å². The van der Waals surface area contributed by atoms with Crippen molar-refractivity contribution in [3.63, 3.8) is 0 Å². The quantitative estimate of drug-likeness (QED) is 0.210. The minimum Gasteiger partial charge on any atom is -0.490 e. The fraction of sp³-hybridized carbons (Fsp3) is 0.148. The van der Waals surface area contributed by atoms with Gasteiger partial charge in [-0.05, 0) is 65.2 Å². The number of anilines is 2. The third kappa shape index (κ3) is 6.38. The van der Waals surface area contributed by atoms with Gasteiger partial charge in [0, 0.05) is 6.42 Å². The summed E-state index contributed by atoms with van der Waals surface area (Å²) in [6.07, 6.45) is 0.436. The number of nitrogens with zero attached hydrogens (tertiary/aromatic N) is 1. The smallest absolute Gasteiger partial charge is 0.303 e. The number of rotatable bonds is 11. The number of carbonyl (C=O) groups is 1. The second-order valence-electron chi connectivity index (χ2n) is 7.75. The van der Waals surface area contributed by atoms with E-state index in [1.165, 1.54) is 4.31 Å². The highest BCUT2D eigenvalue weighted by molar-refractivity contribution is 7.81. The Morgan fingerprint density at radius 3 is 2.20 bits per heavy atom. The largest absolute Gasteiger partial charge is 0.490 e. The van der Waals surface area contributed by atoms with Crippen LogP contribution in [0, 0.1) is 0 Å². The van der Waals surface area contributed by atoms with E-state index in [0.29, 0.717) is 29.3 Å². The Morgan fingerprint density at radius 1 is 0.800 bits per heavy atom. The lowest BCUT2D eigenvalue weighted by Crippen LogP contribution is -2.19. The number of carboxylic acids is 1. The molecule has 0 aromatic heterocycles. The Labute approximate surface area is 206 Å². The van der Waals surface area contributed by atoms with E-state index >= 15 is 0 Å². The van der Waals surface area contributed by atoms with Gasteiger partial charge in [0.1, 0.15) is 24.7 Å². The lowest BCUT2D eigenvalue weighted by atomic mass is 10.1. The molecule has 0 aliphatic heterocycles. The van der Waals surface area contributed by atoms with Crippen molar-refractivity contribution >= 4 is 39.4 Å². The number of hydrogen-bond donors (Lipinski definition) is 2. The first-order valence-corrected chi connectivity index (χ1v) is 12.1. The van der Waals surface area contributed by atoms with Gasteiger partial charge in [0.15, 0.2) is 0 Å². The summed E-state index contributed by atoms with van der Waals surface area (Å²) in [5, 5.41) is 10.9. The van der Waals surface area contributed by atoms with Crippen molar-refractivity contribution in [3.8, 4) is 11.5 Å². The van der Waals surface area contributed by atoms with Gasteiger partial charge in [-0.1, -0.05) is 48.5 Å². The Bertz CT molecular complexity index is 1320. The van der Waals surface area contributed by atoms with Crippen LogP contribution in [0.4, 0.5) is 11.4 Å². The van der Waals surface area contributed by atoms with Gasteiger partial charge in [-0.25, -0.2) is 8.51 Å². The molecule has 2 N–H and O–H groups in total. The molecule has 4 rings (SSSR count). The predicted octanol–water partition coefficient (Wildman–Crippen LogP) is 5.59. The van der Waals surface area contributed by atoms with Crippen molar-refractivity contribution in [1.29, 1.82) is 0 Å². The molecular formula is C27H25NO6S. The van der Waals surface area contributed by atoms with Crippen LogP contribution in [-0.2, 0) is 22.5 Å². The number of aryl methyl sites for hydroxylation is 1. The van der Waals surface area contributed by atoms with Crippen LogP contribution in [0.15, 0.2) is 91.0 Å². The average Bonchev–Trinajstić information content (AvgIpc) is 2.86. The van der Waals surface area contributed by atoms with E-state index in [1.54, 1.807) is 24.3 Å². The van der Waals surface area contributed by atoms with Gasteiger partial charge in [-0.15, -0.1) is 0 Å². The molecule has 0 saturated carbocycles. The van der Waals surface area contributed by atoms with Crippen LogP contribution in [0.5, 0.6) is 11.5 Å². The van der Waals surface area contributed by atoms with Gasteiger partial charge in [0.05, 0.1) is 11.4 Å². The first-order valence-electron chi connectivity index (χ1n) is 11.1. The summed E-state index contributed by atoms with van der Waals surface area (Å²) in [4.78, 5) is 10.8. The van der Waals surface area contributed by atoms with Gasteiger partial charge in [-0.2, -0.15) is 0 Å². The summed E-state index contributed by atoms with van der Waals surface area (Å²) >= 11 is -2.25. The molecule has 8 heteroatoms. The molecular weight excluding hydrogens is 466 g/mol. The van der Waals surface area contributed by atoms with Crippen molar-refractivity contribution < 1.29 is 28.1 Å². The molecule has 0 saturated heterocycles. The van der Waals surface area contributed by atoms with E-state index in [4.69, 9.17) is 14.6 Å². The lowest BCUT2D eigenvalue weighted by molar-refractivity contribution is -0.136. The molecule has 0 aliphatic rings. The molecule has 35 heavy (non-hydrogen) atoms. The molecule has 7 nitrogen and oxygen atoms in total. The lowest BCUT2D eigenvalue weighted by Gasteiger charge is -2.21. The normalized spacial score (nSPS) is 11.7. The fourth-order valence-electron chi connectivity index (χ4n) is 3.71. The Kier molecular flexibility index (Phi) is 7.97. The highest BCUT2D eigenvalue weighted by Crippen LogP contribution is 2.31. The van der Waals surface area contributed by atoms with Crippen molar-refractivity contribution in [1.82, 2.24) is 0 Å². The predicted molar refractivity (Wildman–Crippen MR) is 137 cm³/mol. The van der Waals surface area contributed by atoms with Crippen LogP contribution in [-0.4, -0.2) is 33.1 Å². The Hall–Kier alpha value is -3.88. The zero-order chi connectivity index (χ0) is 24.6. The van der Waals surface area contributed by atoms with Crippen LogP contribution in [0.3, 0.4) is 0 Å². The maximum atomic E-state index is 12.1. The summed E-state index contributed by atoms with van der Waals surface area (Å²) < 4.78 is 35.0. The summed E-state index contributed by atoms with van der Waals surface area (Å²) in [5.41, 5.74) is 2.00. The molecule has 0 bridgehead atoms. The number of para-hydroxylation sites is 1. The second-order valence-corrected chi connectivity index (χ2v) is 8.58. The fourth-order valence-corrected chi connectivity index (χ4v) is 4.31. The summed E-state index contributed by atoms with van der Waals surface area (Å²) in [7, 11) is 0. The van der Waals surface area contributed by atoms with Crippen molar-refractivity contribution in [2.24, 2.45) is 0 Å². The molecule has 1 atom stereocenters. The van der Waals surface area contributed by atoms with E-state index < -0.39 is 17.2 Å². The number of aliphatic carboxylic acids is 1. The van der Waals surface area contributed by atoms with Crippen molar-refractivity contribution in [2.75, 3.05) is 17.5 Å². The summed E-state index contributed by atoms with van der Waals surface area (Å²) in [6, 6.07) is 27.7. The molecule has 4 aromatic rings. The third-order valence-corrected chi connectivity index (χ3v) is 6.12. The van der Waals surface area contributed by atoms with Crippen LogP contribution < -0.4 is 13.8 Å². The third-order valence-electron chi connectivity index (χ3n) is 5.39. The molecule has 0 spiro atoms. The van der Waals surface area contributed by atoms with Gasteiger partial charge < -0.3 is 14.6 Å². The standard InChI is InChI=1S/C27H25NO6S/c29-27(30)16-10-21-6-3-4-8-26(21)34-18-17-33-25-14-12-23(13-15-25)28(35(31)32)24-11-9-20-5-1-2-7-22(20)19-24/h1-9,11-15,19H,10,16-18H2,(H,29,30)(H,31,32).